The topological polar surface area (TPSA) is 133 Å². The number of sulfone groups is 1. The van der Waals surface area contributed by atoms with E-state index in [0.29, 0.717) is 10.3 Å². The molecule has 1 amide bonds. The molecule has 2 atom stereocenters. The molecule has 0 spiro atoms. The van der Waals surface area contributed by atoms with Crippen LogP contribution in [0.15, 0.2) is 29.4 Å². The maximum atomic E-state index is 12.1. The monoisotopic (exact) mass is 458 g/mol. The van der Waals surface area contributed by atoms with Crippen molar-refractivity contribution in [3.05, 3.63) is 46.2 Å². The Labute approximate surface area is 183 Å². The van der Waals surface area contributed by atoms with Gasteiger partial charge in [-0.25, -0.2) is 23.4 Å². The van der Waals surface area contributed by atoms with Crippen molar-refractivity contribution < 1.29 is 18.0 Å². The molecule has 0 saturated heterocycles. The van der Waals surface area contributed by atoms with E-state index < -0.39 is 15.7 Å². The van der Waals surface area contributed by atoms with Gasteiger partial charge in [-0.1, -0.05) is 24.3 Å². The maximum absolute atomic E-state index is 12.1. The quantitative estimate of drug-likeness (QED) is 0.538. The third-order valence-electron chi connectivity index (χ3n) is 5.74. The first-order valence-corrected chi connectivity index (χ1v) is 12.5. The maximum Gasteiger partial charge on any atom is 0.277 e. The van der Waals surface area contributed by atoms with Crippen molar-refractivity contribution in [1.29, 1.82) is 0 Å². The second-order valence-electron chi connectivity index (χ2n) is 7.58. The Morgan fingerprint density at radius 3 is 2.81 bits per heavy atom. The molecule has 1 aliphatic carbocycles. The van der Waals surface area contributed by atoms with Crippen molar-refractivity contribution in [1.82, 2.24) is 15.0 Å². The van der Waals surface area contributed by atoms with Gasteiger partial charge < -0.3 is 10.5 Å². The van der Waals surface area contributed by atoms with Gasteiger partial charge in [0.05, 0.1) is 5.75 Å². The van der Waals surface area contributed by atoms with Gasteiger partial charge in [0.2, 0.25) is 0 Å². The van der Waals surface area contributed by atoms with Crippen molar-refractivity contribution in [2.24, 2.45) is 5.73 Å². The van der Waals surface area contributed by atoms with Crippen LogP contribution in [0.2, 0.25) is 0 Å². The average molecular weight is 459 g/mol. The largest absolute Gasteiger partial charge is 0.364 e. The number of aryl methyl sites for hydroxylation is 1. The van der Waals surface area contributed by atoms with E-state index in [1.807, 2.05) is 6.07 Å². The molecule has 31 heavy (non-hydrogen) atoms. The van der Waals surface area contributed by atoms with Crippen LogP contribution in [0.1, 0.15) is 64.6 Å². The summed E-state index contributed by atoms with van der Waals surface area (Å²) in [6.45, 7) is 1.58. The third-order valence-corrected chi connectivity index (χ3v) is 8.36. The number of pyridine rings is 2. The number of thiazole rings is 1. The lowest BCUT2D eigenvalue weighted by atomic mass is 9.75. The first kappa shape index (κ1) is 21.5. The van der Waals surface area contributed by atoms with Crippen molar-refractivity contribution in [3.8, 4) is 0 Å². The Balaban J connectivity index is 1.75. The van der Waals surface area contributed by atoms with Crippen LogP contribution in [0, 0.1) is 0 Å². The summed E-state index contributed by atoms with van der Waals surface area (Å²) < 4.78 is 24.2. The number of amides is 1. The van der Waals surface area contributed by atoms with Gasteiger partial charge in [0.1, 0.15) is 16.6 Å². The van der Waals surface area contributed by atoms with Crippen molar-refractivity contribution >= 4 is 43.7 Å². The molecule has 0 bridgehead atoms. The van der Waals surface area contributed by atoms with E-state index in [0.717, 1.165) is 53.7 Å². The van der Waals surface area contributed by atoms with Gasteiger partial charge in [-0.05, 0) is 42.5 Å². The van der Waals surface area contributed by atoms with Gasteiger partial charge >= 0.3 is 0 Å². The van der Waals surface area contributed by atoms with Crippen LogP contribution in [0.25, 0.3) is 10.3 Å². The third kappa shape index (κ3) is 4.09. The lowest BCUT2D eigenvalue weighted by Gasteiger charge is -2.30. The van der Waals surface area contributed by atoms with E-state index in [1.165, 1.54) is 6.07 Å². The zero-order valence-corrected chi connectivity index (χ0v) is 18.6. The SMILES string of the molecule is CCS(=O)(=O)c1ccc([C@H](CC=O)C2CCCc3cc4nc(C(N)=O)sc4nc32)cn1. The summed E-state index contributed by atoms with van der Waals surface area (Å²) in [7, 11) is -3.39. The molecule has 2 N–H and O–H groups in total. The summed E-state index contributed by atoms with van der Waals surface area (Å²) in [5.41, 5.74) is 8.78. The fourth-order valence-electron chi connectivity index (χ4n) is 4.17. The molecule has 3 aromatic rings. The molecule has 3 aromatic heterocycles. The zero-order chi connectivity index (χ0) is 22.2. The molecule has 1 unspecified atom stereocenters. The normalized spacial score (nSPS) is 17.3. The van der Waals surface area contributed by atoms with Crippen molar-refractivity contribution in [3.63, 3.8) is 0 Å². The van der Waals surface area contributed by atoms with Crippen LogP contribution < -0.4 is 5.73 Å². The number of carbonyl (C=O) groups excluding carboxylic acids is 2. The zero-order valence-electron chi connectivity index (χ0n) is 16.9. The van der Waals surface area contributed by atoms with Gasteiger partial charge in [-0.2, -0.15) is 0 Å². The van der Waals surface area contributed by atoms with Crippen LogP contribution in [0.5, 0.6) is 0 Å². The molecule has 1 aliphatic rings. The first-order chi connectivity index (χ1) is 14.8. The molecular formula is C21H22N4O4S2. The average Bonchev–Trinajstić information content (AvgIpc) is 3.19. The molecule has 0 aromatic carbocycles. The second kappa shape index (κ2) is 8.43. The minimum absolute atomic E-state index is 0.0187. The van der Waals surface area contributed by atoms with Crippen LogP contribution in [0.4, 0.5) is 0 Å². The smallest absolute Gasteiger partial charge is 0.277 e. The number of nitrogens with two attached hydrogens (primary N) is 1. The number of hydrogen-bond acceptors (Lipinski definition) is 8. The first-order valence-electron chi connectivity index (χ1n) is 10.1. The van der Waals surface area contributed by atoms with Crippen LogP contribution in [0.3, 0.4) is 0 Å². The lowest BCUT2D eigenvalue weighted by molar-refractivity contribution is -0.108. The highest BCUT2D eigenvalue weighted by Crippen LogP contribution is 2.43. The van der Waals surface area contributed by atoms with Gasteiger partial charge in [-0.3, -0.25) is 4.79 Å². The predicted molar refractivity (Wildman–Crippen MR) is 117 cm³/mol. The Morgan fingerprint density at radius 1 is 1.35 bits per heavy atom. The molecule has 0 fully saturated rings. The molecule has 4 rings (SSSR count). The number of fused-ring (bicyclic) bond motifs is 2. The Morgan fingerprint density at radius 2 is 2.16 bits per heavy atom. The number of aromatic nitrogens is 3. The highest BCUT2D eigenvalue weighted by atomic mass is 32.2. The van der Waals surface area contributed by atoms with Crippen molar-refractivity contribution in [2.75, 3.05) is 5.75 Å². The van der Waals surface area contributed by atoms with E-state index in [-0.39, 0.29) is 34.0 Å². The van der Waals surface area contributed by atoms with Crippen LogP contribution >= 0.6 is 11.3 Å². The van der Waals surface area contributed by atoms with Crippen LogP contribution in [-0.2, 0) is 21.1 Å². The number of hydrogen-bond donors (Lipinski definition) is 1. The van der Waals surface area contributed by atoms with E-state index >= 15 is 0 Å². The van der Waals surface area contributed by atoms with Crippen molar-refractivity contribution in [2.45, 2.75) is 49.5 Å². The number of primary amides is 1. The molecular weight excluding hydrogens is 436 g/mol. The van der Waals surface area contributed by atoms with Gasteiger partial charge in [-0.15, -0.1) is 0 Å². The van der Waals surface area contributed by atoms with E-state index in [1.54, 1.807) is 19.2 Å². The Hall–Kier alpha value is -2.72. The van der Waals surface area contributed by atoms with Crippen LogP contribution in [-0.4, -0.2) is 41.3 Å². The highest BCUT2D eigenvalue weighted by molar-refractivity contribution is 7.91. The molecule has 0 aliphatic heterocycles. The summed E-state index contributed by atoms with van der Waals surface area (Å²) in [5.74, 6) is -0.789. The van der Waals surface area contributed by atoms with Gasteiger partial charge in [0, 0.05) is 30.1 Å². The fraction of sp³-hybridized carbons (Fsp3) is 0.381. The summed E-state index contributed by atoms with van der Waals surface area (Å²) in [6, 6.07) is 5.21. The number of carbonyl (C=O) groups is 2. The highest BCUT2D eigenvalue weighted by Gasteiger charge is 2.31. The van der Waals surface area contributed by atoms with E-state index in [2.05, 4.69) is 9.97 Å². The Kier molecular flexibility index (Phi) is 5.85. The minimum Gasteiger partial charge on any atom is -0.364 e. The molecule has 3 heterocycles. The lowest BCUT2D eigenvalue weighted by Crippen LogP contribution is -2.20. The second-order valence-corrected chi connectivity index (χ2v) is 10.8. The summed E-state index contributed by atoms with van der Waals surface area (Å²) in [4.78, 5) is 36.9. The summed E-state index contributed by atoms with van der Waals surface area (Å²) in [6.07, 6.45) is 5.34. The van der Waals surface area contributed by atoms with E-state index in [9.17, 15) is 18.0 Å². The molecule has 162 valence electrons. The summed E-state index contributed by atoms with van der Waals surface area (Å²) in [5, 5.41) is 0.263. The number of nitrogens with zero attached hydrogens (tertiary/aromatic N) is 3. The molecule has 0 saturated carbocycles. The van der Waals surface area contributed by atoms with E-state index in [4.69, 9.17) is 10.7 Å². The summed E-state index contributed by atoms with van der Waals surface area (Å²) >= 11 is 1.16. The van der Waals surface area contributed by atoms with Gasteiger partial charge in [0.25, 0.3) is 5.91 Å². The number of rotatable bonds is 7. The minimum atomic E-state index is -3.39. The Bertz CT molecular complexity index is 1250. The molecule has 8 nitrogen and oxygen atoms in total. The molecule has 10 heteroatoms. The number of aldehydes is 1. The standard InChI is InChI=1S/C21H22N4O4S2/c1-2-31(28,29)17-7-6-13(11-23-17)14(8-9-26)15-5-3-4-12-10-16-20(25-18(12)15)30-21(24-16)19(22)27/h6-7,9-11,14-15H,2-5,8H2,1H3,(H2,22,27)/t14-,15?/m0/s1. The van der Waals surface area contributed by atoms with Gasteiger partial charge in [0.15, 0.2) is 19.9 Å². The molecule has 0 radical (unpaired) electrons. The predicted octanol–water partition coefficient (Wildman–Crippen LogP) is 2.77. The fourth-order valence-corrected chi connectivity index (χ4v) is 5.73.